The summed E-state index contributed by atoms with van der Waals surface area (Å²) in [6.45, 7) is 1.32. The van der Waals surface area contributed by atoms with Gasteiger partial charge in [0.1, 0.15) is 21.9 Å². The lowest BCUT2D eigenvalue weighted by Gasteiger charge is -2.36. The van der Waals surface area contributed by atoms with Crippen molar-refractivity contribution in [2.24, 2.45) is 0 Å². The van der Waals surface area contributed by atoms with Crippen LogP contribution in [-0.2, 0) is 4.79 Å². The number of halogens is 1. The first kappa shape index (κ1) is 22.8. The molecule has 9 nitrogen and oxygen atoms in total. The number of piperidine rings is 1. The Bertz CT molecular complexity index is 1160. The molecular formula is C22H24FN7O2S. The maximum Gasteiger partial charge on any atom is 0.275 e. The van der Waals surface area contributed by atoms with Gasteiger partial charge in [-0.05, 0) is 57.2 Å². The smallest absolute Gasteiger partial charge is 0.275 e. The van der Waals surface area contributed by atoms with Crippen molar-refractivity contribution in [3.8, 4) is 10.6 Å². The van der Waals surface area contributed by atoms with Crippen LogP contribution in [0.15, 0.2) is 42.0 Å². The Kier molecular flexibility index (Phi) is 6.63. The highest BCUT2D eigenvalue weighted by Gasteiger charge is 2.38. The SMILES string of the molecule is CNC1(C(=O)Nc2c(F)cc(N)cc2NC(=O)c2csc(-c3cccnc3)n2)CCNCC1. The van der Waals surface area contributed by atoms with Crippen LogP contribution < -0.4 is 27.0 Å². The minimum Gasteiger partial charge on any atom is -0.399 e. The van der Waals surface area contributed by atoms with Gasteiger partial charge in [-0.2, -0.15) is 0 Å². The number of amides is 2. The summed E-state index contributed by atoms with van der Waals surface area (Å²) in [5, 5.41) is 13.8. The van der Waals surface area contributed by atoms with Crippen LogP contribution in [0.2, 0.25) is 0 Å². The van der Waals surface area contributed by atoms with Gasteiger partial charge in [-0.25, -0.2) is 9.37 Å². The van der Waals surface area contributed by atoms with E-state index in [2.05, 4.69) is 31.2 Å². The molecule has 0 bridgehead atoms. The molecule has 0 saturated carbocycles. The maximum absolute atomic E-state index is 14.8. The second kappa shape index (κ2) is 9.61. The van der Waals surface area contributed by atoms with E-state index in [0.29, 0.717) is 30.9 Å². The number of carbonyl (C=O) groups is 2. The molecule has 1 saturated heterocycles. The Balaban J connectivity index is 1.57. The Morgan fingerprint density at radius 2 is 2.03 bits per heavy atom. The zero-order valence-electron chi connectivity index (χ0n) is 17.9. The van der Waals surface area contributed by atoms with Crippen LogP contribution in [0.25, 0.3) is 10.6 Å². The second-order valence-electron chi connectivity index (χ2n) is 7.70. The van der Waals surface area contributed by atoms with Gasteiger partial charge in [0.15, 0.2) is 5.82 Å². The van der Waals surface area contributed by atoms with Gasteiger partial charge in [-0.15, -0.1) is 11.3 Å². The van der Waals surface area contributed by atoms with Gasteiger partial charge in [0, 0.05) is 29.0 Å². The summed E-state index contributed by atoms with van der Waals surface area (Å²) >= 11 is 1.29. The van der Waals surface area contributed by atoms with Gasteiger partial charge < -0.3 is 27.0 Å². The van der Waals surface area contributed by atoms with Gasteiger partial charge in [0.2, 0.25) is 5.91 Å². The maximum atomic E-state index is 14.8. The summed E-state index contributed by atoms with van der Waals surface area (Å²) in [5.41, 5.74) is 5.93. The van der Waals surface area contributed by atoms with Gasteiger partial charge in [-0.3, -0.25) is 14.6 Å². The molecule has 1 aromatic carbocycles. The minimum atomic E-state index is -0.839. The number of nitrogen functional groups attached to an aromatic ring is 1. The number of nitrogens with zero attached hydrogens (tertiary/aromatic N) is 2. The molecule has 0 atom stereocenters. The van der Waals surface area contributed by atoms with Crippen LogP contribution in [0.3, 0.4) is 0 Å². The highest BCUT2D eigenvalue weighted by molar-refractivity contribution is 7.13. The number of carbonyl (C=O) groups excluding carboxylic acids is 2. The molecular weight excluding hydrogens is 445 g/mol. The lowest BCUT2D eigenvalue weighted by molar-refractivity contribution is -0.123. The molecule has 0 radical (unpaired) electrons. The molecule has 4 rings (SSSR count). The van der Waals surface area contributed by atoms with Gasteiger partial charge in [0.05, 0.1) is 5.69 Å². The van der Waals surface area contributed by atoms with E-state index < -0.39 is 17.3 Å². The summed E-state index contributed by atoms with van der Waals surface area (Å²) in [4.78, 5) is 34.4. The molecule has 172 valence electrons. The third-order valence-corrected chi connectivity index (χ3v) is 6.51. The normalized spacial score (nSPS) is 15.1. The largest absolute Gasteiger partial charge is 0.399 e. The van der Waals surface area contributed by atoms with Crippen molar-refractivity contribution in [1.29, 1.82) is 0 Å². The van der Waals surface area contributed by atoms with Crippen molar-refractivity contribution in [2.75, 3.05) is 36.5 Å². The number of benzene rings is 1. The summed E-state index contributed by atoms with van der Waals surface area (Å²) < 4.78 is 14.8. The van der Waals surface area contributed by atoms with Crippen LogP contribution in [0.1, 0.15) is 23.3 Å². The van der Waals surface area contributed by atoms with E-state index in [0.717, 1.165) is 11.6 Å². The van der Waals surface area contributed by atoms with Crippen molar-refractivity contribution in [2.45, 2.75) is 18.4 Å². The van der Waals surface area contributed by atoms with Crippen LogP contribution in [0.4, 0.5) is 21.5 Å². The fraction of sp³-hybridized carbons (Fsp3) is 0.273. The number of nitrogens with one attached hydrogen (secondary N) is 4. The first-order valence-electron chi connectivity index (χ1n) is 10.4. The van der Waals surface area contributed by atoms with Crippen molar-refractivity contribution < 1.29 is 14.0 Å². The van der Waals surface area contributed by atoms with E-state index in [1.807, 2.05) is 6.07 Å². The van der Waals surface area contributed by atoms with Crippen LogP contribution >= 0.6 is 11.3 Å². The highest BCUT2D eigenvalue weighted by Crippen LogP contribution is 2.31. The number of likely N-dealkylation sites (N-methyl/N-ethyl adjacent to an activating group) is 1. The van der Waals surface area contributed by atoms with Gasteiger partial charge in [-0.1, -0.05) is 0 Å². The summed E-state index contributed by atoms with van der Waals surface area (Å²) in [6.07, 6.45) is 4.39. The average Bonchev–Trinajstić information content (AvgIpc) is 3.33. The van der Waals surface area contributed by atoms with E-state index in [4.69, 9.17) is 5.73 Å². The molecule has 11 heteroatoms. The van der Waals surface area contributed by atoms with Crippen molar-refractivity contribution >= 4 is 40.2 Å². The van der Waals surface area contributed by atoms with Crippen molar-refractivity contribution in [1.82, 2.24) is 20.6 Å². The zero-order valence-corrected chi connectivity index (χ0v) is 18.8. The molecule has 33 heavy (non-hydrogen) atoms. The number of hydrogen-bond donors (Lipinski definition) is 5. The van der Waals surface area contributed by atoms with Gasteiger partial charge >= 0.3 is 0 Å². The third-order valence-electron chi connectivity index (χ3n) is 5.61. The number of nitrogens with two attached hydrogens (primary N) is 1. The number of pyridine rings is 1. The quantitative estimate of drug-likeness (QED) is 0.350. The number of aromatic nitrogens is 2. The van der Waals surface area contributed by atoms with Crippen molar-refractivity contribution in [3.05, 3.63) is 53.6 Å². The first-order chi connectivity index (χ1) is 15.9. The number of thiazole rings is 1. The van der Waals surface area contributed by atoms with E-state index >= 15 is 0 Å². The topological polar surface area (TPSA) is 134 Å². The van der Waals surface area contributed by atoms with E-state index in [9.17, 15) is 14.0 Å². The van der Waals surface area contributed by atoms with E-state index in [-0.39, 0.29) is 28.7 Å². The summed E-state index contributed by atoms with van der Waals surface area (Å²) in [5.74, 6) is -1.67. The van der Waals surface area contributed by atoms with Gasteiger partial charge in [0.25, 0.3) is 5.91 Å². The lowest BCUT2D eigenvalue weighted by atomic mass is 9.87. The lowest BCUT2D eigenvalue weighted by Crippen LogP contribution is -2.58. The fourth-order valence-electron chi connectivity index (χ4n) is 3.72. The second-order valence-corrected chi connectivity index (χ2v) is 8.55. The van der Waals surface area contributed by atoms with E-state index in [1.165, 1.54) is 17.4 Å². The number of rotatable bonds is 6. The Morgan fingerprint density at radius 3 is 2.73 bits per heavy atom. The molecule has 0 aliphatic carbocycles. The molecule has 6 N–H and O–H groups in total. The summed E-state index contributed by atoms with van der Waals surface area (Å²) in [7, 11) is 1.70. The molecule has 2 amide bonds. The molecule has 1 aliphatic heterocycles. The first-order valence-corrected chi connectivity index (χ1v) is 11.3. The van der Waals surface area contributed by atoms with Crippen LogP contribution in [0.5, 0.6) is 0 Å². The zero-order chi connectivity index (χ0) is 23.4. The minimum absolute atomic E-state index is 0.0574. The Labute approximate surface area is 194 Å². The molecule has 3 aromatic rings. The number of hydrogen-bond acceptors (Lipinski definition) is 8. The highest BCUT2D eigenvalue weighted by atomic mass is 32.1. The molecule has 2 aromatic heterocycles. The van der Waals surface area contributed by atoms with Crippen LogP contribution in [-0.4, -0.2) is 47.5 Å². The number of anilines is 3. The molecule has 3 heterocycles. The third kappa shape index (κ3) is 4.85. The summed E-state index contributed by atoms with van der Waals surface area (Å²) in [6, 6.07) is 6.12. The fourth-order valence-corrected chi connectivity index (χ4v) is 4.51. The molecule has 0 spiro atoms. The molecule has 0 unspecified atom stereocenters. The average molecular weight is 470 g/mol. The predicted octanol–water partition coefficient (Wildman–Crippen LogP) is 2.46. The predicted molar refractivity (Wildman–Crippen MR) is 127 cm³/mol. The molecule has 1 fully saturated rings. The monoisotopic (exact) mass is 469 g/mol. The van der Waals surface area contributed by atoms with Crippen LogP contribution in [0, 0.1) is 5.82 Å². The molecule has 1 aliphatic rings. The van der Waals surface area contributed by atoms with Crippen molar-refractivity contribution in [3.63, 3.8) is 0 Å². The Hall–Kier alpha value is -3.41. The standard InChI is InChI=1S/C22H24FN7O2S/c1-25-22(4-7-26-8-5-22)21(32)30-18-15(23)9-14(24)10-16(18)28-19(31)17-12-33-20(29-17)13-3-2-6-27-11-13/h2-3,6,9-12,25-26H,4-5,7-8,24H2,1H3,(H,28,31)(H,30,32). The Morgan fingerprint density at radius 1 is 1.24 bits per heavy atom. The van der Waals surface area contributed by atoms with E-state index in [1.54, 1.807) is 30.9 Å².